The van der Waals surface area contributed by atoms with Gasteiger partial charge in [-0.05, 0) is 63.0 Å². The minimum Gasteiger partial charge on any atom is -0.348 e. The van der Waals surface area contributed by atoms with Crippen LogP contribution < -0.4 is 10.6 Å². The molecule has 8 nitrogen and oxygen atoms in total. The van der Waals surface area contributed by atoms with Gasteiger partial charge in [0.25, 0.3) is 11.8 Å². The van der Waals surface area contributed by atoms with Crippen LogP contribution in [-0.4, -0.2) is 32.6 Å². The van der Waals surface area contributed by atoms with E-state index in [1.165, 1.54) is 23.0 Å². The fourth-order valence-electron chi connectivity index (χ4n) is 2.76. The zero-order valence-corrected chi connectivity index (χ0v) is 21.0. The summed E-state index contributed by atoms with van der Waals surface area (Å²) in [4.78, 5) is 30.2. The fourth-order valence-corrected chi connectivity index (χ4v) is 4.24. The SMILES string of the molecule is CC(CC#N)NC(=O)c1cc(Cl)cc(Br)c1NC(=O)c1cc(Br)nn1-c1ncccc1Cl. The van der Waals surface area contributed by atoms with Crippen molar-refractivity contribution in [1.29, 1.82) is 5.26 Å². The molecule has 1 unspecified atom stereocenters. The summed E-state index contributed by atoms with van der Waals surface area (Å²) in [6, 6.07) is 9.37. The van der Waals surface area contributed by atoms with Gasteiger partial charge in [0.2, 0.25) is 0 Å². The molecule has 164 valence electrons. The Bertz CT molecular complexity index is 1240. The molecule has 0 radical (unpaired) electrons. The Hall–Kier alpha value is -2.45. The summed E-state index contributed by atoms with van der Waals surface area (Å²) in [7, 11) is 0. The summed E-state index contributed by atoms with van der Waals surface area (Å²) < 4.78 is 2.08. The van der Waals surface area contributed by atoms with Gasteiger partial charge in [-0.1, -0.05) is 23.2 Å². The van der Waals surface area contributed by atoms with Gasteiger partial charge in [0.15, 0.2) is 5.82 Å². The van der Waals surface area contributed by atoms with E-state index in [0.717, 1.165) is 0 Å². The van der Waals surface area contributed by atoms with Gasteiger partial charge in [0.1, 0.15) is 10.3 Å². The van der Waals surface area contributed by atoms with Crippen molar-refractivity contribution in [1.82, 2.24) is 20.1 Å². The van der Waals surface area contributed by atoms with Crippen molar-refractivity contribution in [3.05, 3.63) is 66.9 Å². The summed E-state index contributed by atoms with van der Waals surface area (Å²) in [6.45, 7) is 1.70. The Morgan fingerprint density at radius 2 is 2.00 bits per heavy atom. The van der Waals surface area contributed by atoms with Crippen LogP contribution >= 0.6 is 55.1 Å². The monoisotopic (exact) mass is 598 g/mol. The smallest absolute Gasteiger partial charge is 0.274 e. The maximum atomic E-state index is 13.2. The zero-order chi connectivity index (χ0) is 23.4. The predicted octanol–water partition coefficient (Wildman–Crippen LogP) is 5.38. The summed E-state index contributed by atoms with van der Waals surface area (Å²) in [5, 5.41) is 19.1. The standard InChI is InChI=1S/C20H14Br2Cl2N6O2/c1-10(4-5-25)27-19(31)12-7-11(23)8-13(21)17(12)28-20(32)15-9-16(22)29-30(15)18-14(24)3-2-6-26-18/h2-3,6-10H,4H2,1H3,(H,27,31)(H,28,32). The predicted molar refractivity (Wildman–Crippen MR) is 128 cm³/mol. The van der Waals surface area contributed by atoms with E-state index in [2.05, 4.69) is 52.6 Å². The second kappa shape index (κ2) is 10.4. The number of aromatic nitrogens is 3. The van der Waals surface area contributed by atoms with Crippen molar-refractivity contribution >= 4 is 72.6 Å². The minimum absolute atomic E-state index is 0.128. The Morgan fingerprint density at radius 1 is 1.25 bits per heavy atom. The molecule has 0 saturated heterocycles. The van der Waals surface area contributed by atoms with Gasteiger partial charge in [-0.2, -0.15) is 10.4 Å². The third kappa shape index (κ3) is 5.48. The van der Waals surface area contributed by atoms with Crippen LogP contribution in [0.1, 0.15) is 34.2 Å². The number of hydrogen-bond acceptors (Lipinski definition) is 5. The Kier molecular flexibility index (Phi) is 7.90. The molecular weight excluding hydrogens is 587 g/mol. The van der Waals surface area contributed by atoms with Crippen molar-refractivity contribution in [2.45, 2.75) is 19.4 Å². The Labute approximate surface area is 210 Å². The number of nitrogens with one attached hydrogen (secondary N) is 2. The lowest BCUT2D eigenvalue weighted by Crippen LogP contribution is -2.33. The summed E-state index contributed by atoms with van der Waals surface area (Å²) >= 11 is 19.0. The highest BCUT2D eigenvalue weighted by molar-refractivity contribution is 9.10. The summed E-state index contributed by atoms with van der Waals surface area (Å²) in [6.07, 6.45) is 1.66. The molecule has 0 bridgehead atoms. The van der Waals surface area contributed by atoms with Crippen molar-refractivity contribution in [2.24, 2.45) is 0 Å². The highest BCUT2D eigenvalue weighted by atomic mass is 79.9. The first-order valence-electron chi connectivity index (χ1n) is 9.06. The van der Waals surface area contributed by atoms with Gasteiger partial charge in [0, 0.05) is 27.8 Å². The molecular formula is C20H14Br2Cl2N6O2. The minimum atomic E-state index is -0.563. The topological polar surface area (TPSA) is 113 Å². The molecule has 2 aromatic heterocycles. The van der Waals surface area contributed by atoms with Crippen molar-refractivity contribution < 1.29 is 9.59 Å². The number of benzene rings is 1. The first kappa shape index (κ1) is 24.2. The first-order valence-corrected chi connectivity index (χ1v) is 11.4. The number of anilines is 1. The average Bonchev–Trinajstić information content (AvgIpc) is 3.11. The van der Waals surface area contributed by atoms with Crippen LogP contribution in [-0.2, 0) is 0 Å². The number of pyridine rings is 1. The lowest BCUT2D eigenvalue weighted by atomic mass is 10.1. The normalized spacial score (nSPS) is 11.5. The molecule has 32 heavy (non-hydrogen) atoms. The van der Waals surface area contributed by atoms with Crippen LogP contribution in [0.3, 0.4) is 0 Å². The lowest BCUT2D eigenvalue weighted by Gasteiger charge is -2.16. The second-order valence-corrected chi connectivity index (χ2v) is 9.08. The molecule has 0 saturated carbocycles. The number of hydrogen-bond donors (Lipinski definition) is 2. The molecule has 2 amide bonds. The number of nitrogens with zero attached hydrogens (tertiary/aromatic N) is 4. The summed E-state index contributed by atoms with van der Waals surface area (Å²) in [5.74, 6) is -0.788. The quantitative estimate of drug-likeness (QED) is 0.394. The van der Waals surface area contributed by atoms with Crippen LogP contribution in [0.2, 0.25) is 10.0 Å². The molecule has 0 fully saturated rings. The number of carbonyl (C=O) groups excluding carboxylic acids is 2. The van der Waals surface area contributed by atoms with Crippen LogP contribution in [0.25, 0.3) is 5.82 Å². The van der Waals surface area contributed by atoms with Gasteiger partial charge < -0.3 is 10.6 Å². The maximum Gasteiger partial charge on any atom is 0.274 e. The van der Waals surface area contributed by atoms with E-state index in [1.807, 2.05) is 6.07 Å². The maximum absolute atomic E-state index is 13.2. The molecule has 0 aliphatic carbocycles. The molecule has 2 heterocycles. The van der Waals surface area contributed by atoms with Crippen LogP contribution in [0.15, 0.2) is 45.6 Å². The number of carbonyl (C=O) groups is 2. The number of nitriles is 1. The van der Waals surface area contributed by atoms with Gasteiger partial charge in [-0.25, -0.2) is 9.67 Å². The largest absolute Gasteiger partial charge is 0.348 e. The van der Waals surface area contributed by atoms with Crippen molar-refractivity contribution in [2.75, 3.05) is 5.32 Å². The van der Waals surface area contributed by atoms with Gasteiger partial charge in [-0.3, -0.25) is 9.59 Å². The van der Waals surface area contributed by atoms with E-state index in [0.29, 0.717) is 19.1 Å². The summed E-state index contributed by atoms with van der Waals surface area (Å²) in [5.41, 5.74) is 0.462. The molecule has 12 heteroatoms. The van der Waals surface area contributed by atoms with E-state index < -0.39 is 17.9 Å². The lowest BCUT2D eigenvalue weighted by molar-refractivity contribution is 0.0941. The second-order valence-electron chi connectivity index (χ2n) is 6.57. The zero-order valence-electron chi connectivity index (χ0n) is 16.4. The molecule has 2 N–H and O–H groups in total. The first-order chi connectivity index (χ1) is 15.2. The van der Waals surface area contributed by atoms with Crippen molar-refractivity contribution in [3.63, 3.8) is 0 Å². The molecule has 1 atom stereocenters. The third-order valence-electron chi connectivity index (χ3n) is 4.16. The van der Waals surface area contributed by atoms with E-state index in [4.69, 9.17) is 28.5 Å². The fraction of sp³-hybridized carbons (Fsp3) is 0.150. The molecule has 0 aliphatic heterocycles. The number of amides is 2. The van der Waals surface area contributed by atoms with Gasteiger partial charge in [0.05, 0.1) is 28.8 Å². The van der Waals surface area contributed by atoms with Crippen LogP contribution in [0.4, 0.5) is 5.69 Å². The Balaban J connectivity index is 1.99. The van der Waals surface area contributed by atoms with Crippen LogP contribution in [0, 0.1) is 11.3 Å². The highest BCUT2D eigenvalue weighted by Gasteiger charge is 2.23. The van der Waals surface area contributed by atoms with Crippen molar-refractivity contribution in [3.8, 4) is 11.9 Å². The van der Waals surface area contributed by atoms with E-state index >= 15 is 0 Å². The van der Waals surface area contributed by atoms with E-state index in [1.54, 1.807) is 25.1 Å². The molecule has 1 aromatic carbocycles. The van der Waals surface area contributed by atoms with E-state index in [-0.39, 0.29) is 29.2 Å². The van der Waals surface area contributed by atoms with Gasteiger partial charge in [-0.15, -0.1) is 0 Å². The molecule has 3 aromatic rings. The van der Waals surface area contributed by atoms with Gasteiger partial charge >= 0.3 is 0 Å². The molecule has 0 aliphatic rings. The highest BCUT2D eigenvalue weighted by Crippen LogP contribution is 2.32. The Morgan fingerprint density at radius 3 is 2.69 bits per heavy atom. The number of halogens is 4. The third-order valence-corrected chi connectivity index (χ3v) is 5.69. The average molecular weight is 601 g/mol. The molecule has 3 rings (SSSR count). The molecule has 0 spiro atoms. The van der Waals surface area contributed by atoms with E-state index in [9.17, 15) is 9.59 Å². The number of rotatable bonds is 6. The van der Waals surface area contributed by atoms with Crippen LogP contribution in [0.5, 0.6) is 0 Å².